The molecule has 0 bridgehead atoms. The van der Waals surface area contributed by atoms with Crippen molar-refractivity contribution in [3.8, 4) is 0 Å². The second-order valence-electron chi connectivity index (χ2n) is 5.53. The maximum Gasteiger partial charge on any atom is 0.295 e. The molecule has 1 N–H and O–H groups in total. The minimum absolute atomic E-state index is 0.110. The third-order valence-corrected chi connectivity index (χ3v) is 6.93. The summed E-state index contributed by atoms with van der Waals surface area (Å²) in [4.78, 5) is 11.7. The lowest BCUT2D eigenvalue weighted by molar-refractivity contribution is -0.384. The number of nitro groups is 1. The Hall–Kier alpha value is -2.30. The summed E-state index contributed by atoms with van der Waals surface area (Å²) in [6, 6.07) is 7.63. The third kappa shape index (κ3) is 4.71. The number of nitro benzene ring substituents is 1. The molecular weight excluding hydrogens is 388 g/mol. The molecule has 1 aromatic heterocycles. The van der Waals surface area contributed by atoms with Crippen molar-refractivity contribution in [3.05, 3.63) is 50.7 Å². The SMILES string of the molecule is CC/C(=N/Nc1ccc(S(=O)(=O)N(CC)CC)cc1[N+](=O)[O-])c1cccs1. The molecule has 1 aromatic carbocycles. The fourth-order valence-corrected chi connectivity index (χ4v) is 4.77. The molecule has 0 fully saturated rings. The molecule has 2 rings (SSSR count). The van der Waals surface area contributed by atoms with Gasteiger partial charge in [0.2, 0.25) is 10.0 Å². The van der Waals surface area contributed by atoms with Gasteiger partial charge in [0.05, 0.1) is 20.4 Å². The van der Waals surface area contributed by atoms with Crippen LogP contribution in [0.5, 0.6) is 0 Å². The van der Waals surface area contributed by atoms with Crippen LogP contribution in [0.15, 0.2) is 45.7 Å². The number of nitrogens with zero attached hydrogens (tertiary/aromatic N) is 3. The molecule has 0 amide bonds. The van der Waals surface area contributed by atoms with Gasteiger partial charge in [0.1, 0.15) is 5.69 Å². The smallest absolute Gasteiger partial charge is 0.271 e. The molecule has 10 heteroatoms. The van der Waals surface area contributed by atoms with Gasteiger partial charge in [-0.2, -0.15) is 9.41 Å². The summed E-state index contributed by atoms with van der Waals surface area (Å²) in [5.74, 6) is 0. The first-order valence-corrected chi connectivity index (χ1v) is 10.8. The van der Waals surface area contributed by atoms with E-state index in [4.69, 9.17) is 0 Å². The molecule has 0 spiro atoms. The summed E-state index contributed by atoms with van der Waals surface area (Å²) >= 11 is 1.53. The Labute approximate surface area is 162 Å². The van der Waals surface area contributed by atoms with E-state index in [0.717, 1.165) is 16.7 Å². The molecule has 0 radical (unpaired) electrons. The first-order chi connectivity index (χ1) is 12.8. The second kappa shape index (κ2) is 9.07. The molecule has 0 aliphatic carbocycles. The van der Waals surface area contributed by atoms with Crippen molar-refractivity contribution in [2.45, 2.75) is 32.1 Å². The lowest BCUT2D eigenvalue weighted by Crippen LogP contribution is -2.30. The standard InChI is InChI=1S/C17H22N4O4S2/c1-4-14(17-8-7-11-26-17)18-19-15-10-9-13(12-16(15)21(22)23)27(24,25)20(5-2)6-3/h7-12,19H,4-6H2,1-3H3/b18-14-. The van der Waals surface area contributed by atoms with Crippen LogP contribution in [0.1, 0.15) is 32.1 Å². The number of benzene rings is 1. The van der Waals surface area contributed by atoms with Gasteiger partial charge in [0.25, 0.3) is 5.69 Å². The van der Waals surface area contributed by atoms with Crippen molar-refractivity contribution in [1.29, 1.82) is 0 Å². The van der Waals surface area contributed by atoms with Crippen LogP contribution in [-0.2, 0) is 10.0 Å². The number of hydrazone groups is 1. The Morgan fingerprint density at radius 1 is 1.26 bits per heavy atom. The van der Waals surface area contributed by atoms with Crippen molar-refractivity contribution in [2.75, 3.05) is 18.5 Å². The van der Waals surface area contributed by atoms with E-state index in [0.29, 0.717) is 6.42 Å². The molecule has 0 unspecified atom stereocenters. The number of anilines is 1. The Balaban J connectivity index is 2.40. The van der Waals surface area contributed by atoms with Crippen molar-refractivity contribution >= 4 is 38.4 Å². The highest BCUT2D eigenvalue weighted by Crippen LogP contribution is 2.29. The van der Waals surface area contributed by atoms with Crippen molar-refractivity contribution in [2.24, 2.45) is 5.10 Å². The van der Waals surface area contributed by atoms with Gasteiger partial charge in [-0.1, -0.05) is 26.8 Å². The quantitative estimate of drug-likeness (QED) is 0.383. The molecule has 0 saturated carbocycles. The van der Waals surface area contributed by atoms with Gasteiger partial charge in [-0.15, -0.1) is 11.3 Å². The number of nitrogens with one attached hydrogen (secondary N) is 1. The van der Waals surface area contributed by atoms with Crippen LogP contribution >= 0.6 is 11.3 Å². The predicted molar refractivity (Wildman–Crippen MR) is 108 cm³/mol. The Bertz CT molecular complexity index is 920. The van der Waals surface area contributed by atoms with E-state index in [1.54, 1.807) is 13.8 Å². The average Bonchev–Trinajstić information content (AvgIpc) is 3.17. The maximum absolute atomic E-state index is 12.6. The van der Waals surface area contributed by atoms with Crippen LogP contribution in [0.4, 0.5) is 11.4 Å². The molecule has 1 heterocycles. The third-order valence-electron chi connectivity index (χ3n) is 3.96. The Morgan fingerprint density at radius 3 is 2.48 bits per heavy atom. The fraction of sp³-hybridized carbons (Fsp3) is 0.353. The van der Waals surface area contributed by atoms with Gasteiger partial charge >= 0.3 is 0 Å². The lowest BCUT2D eigenvalue weighted by Gasteiger charge is -2.18. The number of hydrogen-bond donors (Lipinski definition) is 1. The highest BCUT2D eigenvalue weighted by Gasteiger charge is 2.25. The summed E-state index contributed by atoms with van der Waals surface area (Å²) in [7, 11) is -3.78. The number of thiophene rings is 1. The van der Waals surface area contributed by atoms with Crippen LogP contribution < -0.4 is 5.43 Å². The Kier molecular flexibility index (Phi) is 7.05. The van der Waals surface area contributed by atoms with E-state index in [2.05, 4.69) is 10.5 Å². The summed E-state index contributed by atoms with van der Waals surface area (Å²) in [5.41, 5.74) is 3.28. The average molecular weight is 411 g/mol. The highest BCUT2D eigenvalue weighted by molar-refractivity contribution is 7.89. The van der Waals surface area contributed by atoms with Crippen molar-refractivity contribution < 1.29 is 13.3 Å². The Morgan fingerprint density at radius 2 is 1.96 bits per heavy atom. The van der Waals surface area contributed by atoms with Gasteiger partial charge in [0, 0.05) is 19.2 Å². The number of rotatable bonds is 9. The molecule has 27 heavy (non-hydrogen) atoms. The zero-order valence-electron chi connectivity index (χ0n) is 15.4. The topological polar surface area (TPSA) is 105 Å². The van der Waals surface area contributed by atoms with E-state index < -0.39 is 14.9 Å². The zero-order valence-corrected chi connectivity index (χ0v) is 17.0. The minimum Gasteiger partial charge on any atom is -0.271 e. The molecule has 0 aliphatic heterocycles. The van der Waals surface area contributed by atoms with Crippen LogP contribution in [0.2, 0.25) is 0 Å². The molecule has 2 aromatic rings. The predicted octanol–water partition coefficient (Wildman–Crippen LogP) is 3.91. The molecule has 8 nitrogen and oxygen atoms in total. The molecule has 146 valence electrons. The monoisotopic (exact) mass is 410 g/mol. The minimum atomic E-state index is -3.78. The summed E-state index contributed by atoms with van der Waals surface area (Å²) in [6.45, 7) is 5.96. The first kappa shape index (κ1) is 21.0. The number of sulfonamides is 1. The second-order valence-corrected chi connectivity index (χ2v) is 8.41. The van der Waals surface area contributed by atoms with E-state index in [1.165, 1.54) is 27.8 Å². The fourth-order valence-electron chi connectivity index (χ4n) is 2.51. The summed E-state index contributed by atoms with van der Waals surface area (Å²) < 4.78 is 26.5. The number of hydrogen-bond acceptors (Lipinski definition) is 7. The normalized spacial score (nSPS) is 12.4. The zero-order chi connectivity index (χ0) is 20.0. The van der Waals surface area contributed by atoms with E-state index in [-0.39, 0.29) is 29.4 Å². The van der Waals surface area contributed by atoms with E-state index >= 15 is 0 Å². The van der Waals surface area contributed by atoms with Crippen LogP contribution in [0.3, 0.4) is 0 Å². The van der Waals surface area contributed by atoms with Gasteiger partial charge in [-0.25, -0.2) is 8.42 Å². The first-order valence-electron chi connectivity index (χ1n) is 8.50. The molecule has 0 saturated heterocycles. The van der Waals surface area contributed by atoms with Gasteiger partial charge in [0.15, 0.2) is 0 Å². The van der Waals surface area contributed by atoms with Gasteiger partial charge < -0.3 is 0 Å². The molecular formula is C17H22N4O4S2. The van der Waals surface area contributed by atoms with Crippen LogP contribution in [-0.4, -0.2) is 36.4 Å². The van der Waals surface area contributed by atoms with Crippen molar-refractivity contribution in [3.63, 3.8) is 0 Å². The summed E-state index contributed by atoms with van der Waals surface area (Å²) in [5, 5.41) is 17.7. The summed E-state index contributed by atoms with van der Waals surface area (Å²) in [6.07, 6.45) is 0.649. The lowest BCUT2D eigenvalue weighted by atomic mass is 10.2. The van der Waals surface area contributed by atoms with Gasteiger partial charge in [-0.05, 0) is 30.0 Å². The van der Waals surface area contributed by atoms with Crippen LogP contribution in [0, 0.1) is 10.1 Å². The van der Waals surface area contributed by atoms with E-state index in [1.807, 2.05) is 24.4 Å². The largest absolute Gasteiger partial charge is 0.295 e. The highest BCUT2D eigenvalue weighted by atomic mass is 32.2. The van der Waals surface area contributed by atoms with Crippen molar-refractivity contribution in [1.82, 2.24) is 4.31 Å². The molecule has 0 atom stereocenters. The van der Waals surface area contributed by atoms with Crippen LogP contribution in [0.25, 0.3) is 0 Å². The van der Waals surface area contributed by atoms with Gasteiger partial charge in [-0.3, -0.25) is 15.5 Å². The molecule has 0 aliphatic rings. The maximum atomic E-state index is 12.6. The van der Waals surface area contributed by atoms with E-state index in [9.17, 15) is 18.5 Å².